The Morgan fingerprint density at radius 2 is 2.17 bits per heavy atom. The summed E-state index contributed by atoms with van der Waals surface area (Å²) in [5.74, 6) is 0. The van der Waals surface area contributed by atoms with Crippen molar-refractivity contribution in [2.24, 2.45) is 5.73 Å². The van der Waals surface area contributed by atoms with Gasteiger partial charge < -0.3 is 10.5 Å². The van der Waals surface area contributed by atoms with Crippen molar-refractivity contribution in [3.8, 4) is 0 Å². The SMILES string of the molecule is Cc1ccc2nc(C3(CN)CCOCC3)sc2c1. The van der Waals surface area contributed by atoms with Crippen LogP contribution in [-0.4, -0.2) is 24.7 Å². The predicted molar refractivity (Wildman–Crippen MR) is 75.1 cm³/mol. The van der Waals surface area contributed by atoms with Gasteiger partial charge in [-0.1, -0.05) is 6.07 Å². The summed E-state index contributed by atoms with van der Waals surface area (Å²) < 4.78 is 6.73. The number of ether oxygens (including phenoxy) is 1. The standard InChI is InChI=1S/C14H18N2OS/c1-10-2-3-11-12(8-10)18-13(16-11)14(9-15)4-6-17-7-5-14/h2-3,8H,4-7,9,15H2,1H3. The van der Waals surface area contributed by atoms with E-state index in [0.29, 0.717) is 6.54 Å². The lowest BCUT2D eigenvalue weighted by Crippen LogP contribution is -2.40. The Kier molecular flexibility index (Phi) is 3.09. The van der Waals surface area contributed by atoms with E-state index in [4.69, 9.17) is 15.5 Å². The second kappa shape index (κ2) is 4.61. The van der Waals surface area contributed by atoms with E-state index in [0.717, 1.165) is 31.6 Å². The molecule has 3 nitrogen and oxygen atoms in total. The summed E-state index contributed by atoms with van der Waals surface area (Å²) in [4.78, 5) is 4.80. The van der Waals surface area contributed by atoms with E-state index in [-0.39, 0.29) is 5.41 Å². The van der Waals surface area contributed by atoms with Crippen LogP contribution in [0.1, 0.15) is 23.4 Å². The second-order valence-electron chi connectivity index (χ2n) is 5.09. The highest BCUT2D eigenvalue weighted by atomic mass is 32.1. The van der Waals surface area contributed by atoms with Gasteiger partial charge in [-0.2, -0.15) is 0 Å². The Labute approximate surface area is 111 Å². The third kappa shape index (κ3) is 1.94. The number of nitrogens with zero attached hydrogens (tertiary/aromatic N) is 1. The van der Waals surface area contributed by atoms with Crippen LogP contribution in [0, 0.1) is 6.92 Å². The van der Waals surface area contributed by atoms with Crippen LogP contribution in [-0.2, 0) is 10.2 Å². The third-order valence-electron chi connectivity index (χ3n) is 3.84. The lowest BCUT2D eigenvalue weighted by atomic mass is 9.81. The fourth-order valence-electron chi connectivity index (χ4n) is 2.53. The molecule has 1 fully saturated rings. The van der Waals surface area contributed by atoms with Crippen molar-refractivity contribution in [3.05, 3.63) is 28.8 Å². The quantitative estimate of drug-likeness (QED) is 0.905. The summed E-state index contributed by atoms with van der Waals surface area (Å²) in [7, 11) is 0. The summed E-state index contributed by atoms with van der Waals surface area (Å²) in [5, 5.41) is 1.19. The zero-order chi connectivity index (χ0) is 12.6. The molecule has 0 unspecified atom stereocenters. The summed E-state index contributed by atoms with van der Waals surface area (Å²) in [6.07, 6.45) is 1.98. The minimum absolute atomic E-state index is 0.0375. The van der Waals surface area contributed by atoms with Gasteiger partial charge in [0.1, 0.15) is 5.01 Å². The highest BCUT2D eigenvalue weighted by Crippen LogP contribution is 2.38. The smallest absolute Gasteiger partial charge is 0.101 e. The van der Waals surface area contributed by atoms with Crippen LogP contribution in [0.3, 0.4) is 0 Å². The predicted octanol–water partition coefficient (Wildman–Crippen LogP) is 2.61. The zero-order valence-corrected chi connectivity index (χ0v) is 11.4. The number of hydrogen-bond acceptors (Lipinski definition) is 4. The van der Waals surface area contributed by atoms with Crippen molar-refractivity contribution in [3.63, 3.8) is 0 Å². The monoisotopic (exact) mass is 262 g/mol. The molecule has 0 spiro atoms. The highest BCUT2D eigenvalue weighted by Gasteiger charge is 2.36. The Balaban J connectivity index is 2.06. The maximum atomic E-state index is 6.03. The van der Waals surface area contributed by atoms with Crippen molar-refractivity contribution in [2.45, 2.75) is 25.2 Å². The summed E-state index contributed by atoms with van der Waals surface area (Å²) >= 11 is 1.79. The molecule has 4 heteroatoms. The average molecular weight is 262 g/mol. The highest BCUT2D eigenvalue weighted by molar-refractivity contribution is 7.18. The van der Waals surface area contributed by atoms with Crippen LogP contribution in [0.15, 0.2) is 18.2 Å². The van der Waals surface area contributed by atoms with Gasteiger partial charge >= 0.3 is 0 Å². The molecule has 1 aliphatic rings. The lowest BCUT2D eigenvalue weighted by molar-refractivity contribution is 0.0529. The van der Waals surface area contributed by atoms with Crippen LogP contribution in [0.5, 0.6) is 0 Å². The summed E-state index contributed by atoms with van der Waals surface area (Å²) in [5.41, 5.74) is 8.45. The molecule has 18 heavy (non-hydrogen) atoms. The zero-order valence-electron chi connectivity index (χ0n) is 10.6. The van der Waals surface area contributed by atoms with Gasteiger partial charge in [0.2, 0.25) is 0 Å². The Bertz CT molecular complexity index is 558. The van der Waals surface area contributed by atoms with Crippen molar-refractivity contribution < 1.29 is 4.74 Å². The van der Waals surface area contributed by atoms with Crippen LogP contribution in [0.4, 0.5) is 0 Å². The van der Waals surface area contributed by atoms with Crippen molar-refractivity contribution in [1.29, 1.82) is 0 Å². The number of nitrogens with two attached hydrogens (primary N) is 1. The van der Waals surface area contributed by atoms with Crippen LogP contribution in [0.2, 0.25) is 0 Å². The molecule has 96 valence electrons. The number of thiazole rings is 1. The molecule has 2 aromatic rings. The van der Waals surface area contributed by atoms with Gasteiger partial charge in [0.25, 0.3) is 0 Å². The fourth-order valence-corrected chi connectivity index (χ4v) is 3.85. The van der Waals surface area contributed by atoms with Gasteiger partial charge in [-0.3, -0.25) is 0 Å². The molecule has 1 saturated heterocycles. The topological polar surface area (TPSA) is 48.1 Å². The molecule has 0 bridgehead atoms. The van der Waals surface area contributed by atoms with Crippen LogP contribution in [0.25, 0.3) is 10.2 Å². The fraction of sp³-hybridized carbons (Fsp3) is 0.500. The first-order chi connectivity index (χ1) is 8.73. The molecule has 3 rings (SSSR count). The molecule has 2 N–H and O–H groups in total. The number of aromatic nitrogens is 1. The van der Waals surface area contributed by atoms with Crippen molar-refractivity contribution in [2.75, 3.05) is 19.8 Å². The van der Waals surface area contributed by atoms with E-state index in [9.17, 15) is 0 Å². The van der Waals surface area contributed by atoms with E-state index in [2.05, 4.69) is 25.1 Å². The first kappa shape index (κ1) is 12.1. The minimum atomic E-state index is 0.0375. The van der Waals surface area contributed by atoms with Gasteiger partial charge in [-0.15, -0.1) is 11.3 Å². The first-order valence-corrected chi connectivity index (χ1v) is 7.21. The number of rotatable bonds is 2. The van der Waals surface area contributed by atoms with Crippen molar-refractivity contribution >= 4 is 21.6 Å². The molecule has 0 aliphatic carbocycles. The van der Waals surface area contributed by atoms with Gasteiger partial charge in [-0.25, -0.2) is 4.98 Å². The molecule has 0 radical (unpaired) electrons. The lowest BCUT2D eigenvalue weighted by Gasteiger charge is -2.34. The molecule has 0 atom stereocenters. The molecule has 2 heterocycles. The number of benzene rings is 1. The maximum Gasteiger partial charge on any atom is 0.101 e. The molecule has 1 aliphatic heterocycles. The Morgan fingerprint density at radius 1 is 1.39 bits per heavy atom. The largest absolute Gasteiger partial charge is 0.381 e. The average Bonchev–Trinajstić information content (AvgIpc) is 2.83. The van der Waals surface area contributed by atoms with Crippen LogP contribution >= 0.6 is 11.3 Å². The molecule has 1 aromatic carbocycles. The number of aryl methyl sites for hydroxylation is 1. The van der Waals surface area contributed by atoms with E-state index in [1.807, 2.05) is 0 Å². The minimum Gasteiger partial charge on any atom is -0.381 e. The van der Waals surface area contributed by atoms with E-state index < -0.39 is 0 Å². The molecule has 0 amide bonds. The second-order valence-corrected chi connectivity index (χ2v) is 6.12. The van der Waals surface area contributed by atoms with Gasteiger partial charge in [0, 0.05) is 25.2 Å². The van der Waals surface area contributed by atoms with E-state index in [1.54, 1.807) is 11.3 Å². The summed E-state index contributed by atoms with van der Waals surface area (Å²) in [6, 6.07) is 6.43. The van der Waals surface area contributed by atoms with Gasteiger partial charge in [0.15, 0.2) is 0 Å². The normalized spacial score (nSPS) is 19.2. The summed E-state index contributed by atoms with van der Waals surface area (Å²) in [6.45, 7) is 4.37. The number of hydrogen-bond donors (Lipinski definition) is 1. The third-order valence-corrected chi connectivity index (χ3v) is 5.10. The van der Waals surface area contributed by atoms with E-state index in [1.165, 1.54) is 15.3 Å². The maximum absolute atomic E-state index is 6.03. The molecule has 0 saturated carbocycles. The first-order valence-electron chi connectivity index (χ1n) is 6.39. The van der Waals surface area contributed by atoms with E-state index >= 15 is 0 Å². The molecular weight excluding hydrogens is 244 g/mol. The van der Waals surface area contributed by atoms with Crippen molar-refractivity contribution in [1.82, 2.24) is 4.98 Å². The number of fused-ring (bicyclic) bond motifs is 1. The molecular formula is C14H18N2OS. The Morgan fingerprint density at radius 3 is 2.89 bits per heavy atom. The Hall–Kier alpha value is -0.970. The molecule has 1 aromatic heterocycles. The van der Waals surface area contributed by atoms with Gasteiger partial charge in [0.05, 0.1) is 10.2 Å². The van der Waals surface area contributed by atoms with Crippen LogP contribution < -0.4 is 5.73 Å². The van der Waals surface area contributed by atoms with Gasteiger partial charge in [-0.05, 0) is 37.5 Å².